The van der Waals surface area contributed by atoms with Crippen molar-refractivity contribution in [3.8, 4) is 0 Å². The van der Waals surface area contributed by atoms with E-state index in [0.717, 1.165) is 5.56 Å². The first-order chi connectivity index (χ1) is 8.63. The normalized spacial score (nSPS) is 23.1. The number of hydrogen-bond donors (Lipinski definition) is 1. The molecule has 2 rings (SSSR count). The molecule has 1 heterocycles. The molecule has 0 spiro atoms. The molecular weight excluding hydrogens is 237 g/mol. The maximum atomic E-state index is 13.7. The van der Waals surface area contributed by atoms with Gasteiger partial charge in [0.15, 0.2) is 5.67 Å². The molecule has 1 aliphatic rings. The number of aliphatic hydroxyl groups excluding tert-OH is 1. The quantitative estimate of drug-likeness (QED) is 0.892. The fourth-order valence-corrected chi connectivity index (χ4v) is 1.93. The fraction of sp³-hybridized carbons (Fsp3) is 0.462. The highest BCUT2D eigenvalue weighted by atomic mass is 19.1. The summed E-state index contributed by atoms with van der Waals surface area (Å²) in [5.41, 5.74) is -0.787. The van der Waals surface area contributed by atoms with Crippen molar-refractivity contribution in [1.82, 2.24) is 4.90 Å². The predicted molar refractivity (Wildman–Crippen MR) is 63.7 cm³/mol. The van der Waals surface area contributed by atoms with Crippen LogP contribution in [0.15, 0.2) is 30.3 Å². The second-order valence-corrected chi connectivity index (χ2v) is 4.52. The number of nitrogens with zero attached hydrogens (tertiary/aromatic N) is 1. The van der Waals surface area contributed by atoms with Gasteiger partial charge in [0.25, 0.3) is 0 Å². The lowest BCUT2D eigenvalue weighted by molar-refractivity contribution is 0.0668. The third kappa shape index (κ3) is 2.98. The number of ether oxygens (including phenoxy) is 1. The Morgan fingerprint density at radius 2 is 2.17 bits per heavy atom. The molecule has 1 saturated heterocycles. The molecular formula is C13H16FNO3. The zero-order chi connectivity index (χ0) is 13.0. The largest absolute Gasteiger partial charge is 0.445 e. The molecule has 1 aromatic rings. The van der Waals surface area contributed by atoms with Crippen molar-refractivity contribution < 1.29 is 19.0 Å². The number of carbonyl (C=O) groups is 1. The average molecular weight is 253 g/mol. The molecule has 0 bridgehead atoms. The van der Waals surface area contributed by atoms with E-state index in [0.29, 0.717) is 0 Å². The summed E-state index contributed by atoms with van der Waals surface area (Å²) in [7, 11) is 0. The van der Waals surface area contributed by atoms with E-state index in [1.165, 1.54) is 4.90 Å². The molecule has 0 radical (unpaired) electrons. The minimum Gasteiger partial charge on any atom is -0.445 e. The number of rotatable bonds is 3. The summed E-state index contributed by atoms with van der Waals surface area (Å²) >= 11 is 0. The van der Waals surface area contributed by atoms with Crippen LogP contribution in [0.1, 0.15) is 12.0 Å². The van der Waals surface area contributed by atoms with Gasteiger partial charge in [-0.2, -0.15) is 0 Å². The highest BCUT2D eigenvalue weighted by molar-refractivity contribution is 5.68. The summed E-state index contributed by atoms with van der Waals surface area (Å²) in [6, 6.07) is 9.30. The standard InChI is InChI=1S/C13H16FNO3/c14-13(10-16)6-7-15(9-13)12(17)18-8-11-4-2-1-3-5-11/h1-5,16H,6-10H2/t13-/m1/s1. The fourth-order valence-electron chi connectivity index (χ4n) is 1.93. The van der Waals surface area contributed by atoms with Crippen molar-refractivity contribution >= 4 is 6.09 Å². The summed E-state index contributed by atoms with van der Waals surface area (Å²) in [6.07, 6.45) is -0.379. The molecule has 0 aliphatic carbocycles. The maximum Gasteiger partial charge on any atom is 0.410 e. The van der Waals surface area contributed by atoms with Crippen LogP contribution in [0.25, 0.3) is 0 Å². The molecule has 18 heavy (non-hydrogen) atoms. The third-order valence-corrected chi connectivity index (χ3v) is 3.05. The molecule has 0 saturated carbocycles. The Balaban J connectivity index is 1.83. The summed E-state index contributed by atoms with van der Waals surface area (Å²) in [5.74, 6) is 0. The zero-order valence-electron chi connectivity index (χ0n) is 10.0. The van der Waals surface area contributed by atoms with Crippen molar-refractivity contribution in [2.45, 2.75) is 18.7 Å². The van der Waals surface area contributed by atoms with Gasteiger partial charge >= 0.3 is 6.09 Å². The van der Waals surface area contributed by atoms with Gasteiger partial charge in [-0.1, -0.05) is 30.3 Å². The molecule has 1 amide bonds. The first kappa shape index (κ1) is 12.8. The molecule has 1 aliphatic heterocycles. The molecule has 0 unspecified atom stereocenters. The monoisotopic (exact) mass is 253 g/mol. The lowest BCUT2D eigenvalue weighted by atomic mass is 10.1. The van der Waals surface area contributed by atoms with Crippen molar-refractivity contribution in [2.24, 2.45) is 0 Å². The van der Waals surface area contributed by atoms with Crippen molar-refractivity contribution in [2.75, 3.05) is 19.7 Å². The van der Waals surface area contributed by atoms with Crippen LogP contribution in [-0.4, -0.2) is 41.5 Å². The Labute approximate surface area is 105 Å². The summed E-state index contributed by atoms with van der Waals surface area (Å²) in [6.45, 7) is -0.203. The van der Waals surface area contributed by atoms with E-state index in [1.807, 2.05) is 30.3 Å². The van der Waals surface area contributed by atoms with Crippen molar-refractivity contribution in [3.05, 3.63) is 35.9 Å². The van der Waals surface area contributed by atoms with E-state index in [-0.39, 0.29) is 26.1 Å². The third-order valence-electron chi connectivity index (χ3n) is 3.05. The minimum absolute atomic E-state index is 0.100. The second kappa shape index (κ2) is 5.35. The van der Waals surface area contributed by atoms with Gasteiger partial charge in [-0.3, -0.25) is 0 Å². The van der Waals surface area contributed by atoms with E-state index in [4.69, 9.17) is 9.84 Å². The number of carbonyl (C=O) groups excluding carboxylic acids is 1. The van der Waals surface area contributed by atoms with Crippen LogP contribution in [0.3, 0.4) is 0 Å². The topological polar surface area (TPSA) is 49.8 Å². The Morgan fingerprint density at radius 1 is 1.44 bits per heavy atom. The van der Waals surface area contributed by atoms with Crippen LogP contribution in [-0.2, 0) is 11.3 Å². The van der Waals surface area contributed by atoms with Gasteiger partial charge in [0.2, 0.25) is 0 Å². The molecule has 1 fully saturated rings. The number of aliphatic hydroxyl groups is 1. The minimum atomic E-state index is -1.67. The Morgan fingerprint density at radius 3 is 2.78 bits per heavy atom. The summed E-state index contributed by atoms with van der Waals surface area (Å²) in [4.78, 5) is 13.0. The van der Waals surface area contributed by atoms with E-state index < -0.39 is 18.4 Å². The second-order valence-electron chi connectivity index (χ2n) is 4.52. The smallest absolute Gasteiger partial charge is 0.410 e. The molecule has 1 aromatic carbocycles. The predicted octanol–water partition coefficient (Wildman–Crippen LogP) is 1.73. The number of alkyl halides is 1. The van der Waals surface area contributed by atoms with Gasteiger partial charge in [0.1, 0.15) is 6.61 Å². The van der Waals surface area contributed by atoms with Gasteiger partial charge in [0.05, 0.1) is 13.2 Å². The van der Waals surface area contributed by atoms with E-state index in [1.54, 1.807) is 0 Å². The van der Waals surface area contributed by atoms with E-state index in [9.17, 15) is 9.18 Å². The molecule has 5 heteroatoms. The summed E-state index contributed by atoms with van der Waals surface area (Å²) < 4.78 is 18.8. The van der Waals surface area contributed by atoms with Crippen LogP contribution < -0.4 is 0 Å². The van der Waals surface area contributed by atoms with E-state index in [2.05, 4.69) is 0 Å². The summed E-state index contributed by atoms with van der Waals surface area (Å²) in [5, 5.41) is 8.88. The van der Waals surface area contributed by atoms with Crippen LogP contribution in [0.2, 0.25) is 0 Å². The van der Waals surface area contributed by atoms with Gasteiger partial charge < -0.3 is 14.7 Å². The van der Waals surface area contributed by atoms with Gasteiger partial charge in [-0.15, -0.1) is 0 Å². The van der Waals surface area contributed by atoms with Crippen LogP contribution >= 0.6 is 0 Å². The Kier molecular flexibility index (Phi) is 3.81. The zero-order valence-corrected chi connectivity index (χ0v) is 10.0. The number of amides is 1. The van der Waals surface area contributed by atoms with Gasteiger partial charge in [-0.05, 0) is 5.56 Å². The molecule has 4 nitrogen and oxygen atoms in total. The average Bonchev–Trinajstić information content (AvgIpc) is 2.81. The number of hydrogen-bond acceptors (Lipinski definition) is 3. The Hall–Kier alpha value is -1.62. The lowest BCUT2D eigenvalue weighted by Crippen LogP contribution is -2.35. The molecule has 0 aromatic heterocycles. The lowest BCUT2D eigenvalue weighted by Gasteiger charge is -2.18. The maximum absolute atomic E-state index is 13.7. The highest BCUT2D eigenvalue weighted by Crippen LogP contribution is 2.25. The van der Waals surface area contributed by atoms with Crippen molar-refractivity contribution in [3.63, 3.8) is 0 Å². The number of benzene rings is 1. The van der Waals surface area contributed by atoms with Crippen LogP contribution in [0.4, 0.5) is 9.18 Å². The van der Waals surface area contributed by atoms with Gasteiger partial charge in [0, 0.05) is 13.0 Å². The van der Waals surface area contributed by atoms with Crippen molar-refractivity contribution in [1.29, 1.82) is 0 Å². The van der Waals surface area contributed by atoms with Gasteiger partial charge in [-0.25, -0.2) is 9.18 Å². The molecule has 1 atom stereocenters. The van der Waals surface area contributed by atoms with Crippen LogP contribution in [0, 0.1) is 0 Å². The molecule has 1 N–H and O–H groups in total. The highest BCUT2D eigenvalue weighted by Gasteiger charge is 2.40. The van der Waals surface area contributed by atoms with Crippen LogP contribution in [0.5, 0.6) is 0 Å². The first-order valence-electron chi connectivity index (χ1n) is 5.88. The first-order valence-corrected chi connectivity index (χ1v) is 5.88. The number of likely N-dealkylation sites (tertiary alicyclic amines) is 1. The Bertz CT molecular complexity index is 412. The molecule has 98 valence electrons. The van der Waals surface area contributed by atoms with E-state index >= 15 is 0 Å². The number of halogens is 1. The SMILES string of the molecule is O=C(OCc1ccccc1)N1CC[C@](F)(CO)C1.